The van der Waals surface area contributed by atoms with E-state index in [1.807, 2.05) is 0 Å². The highest BCUT2D eigenvalue weighted by Crippen LogP contribution is 2.04. The number of nitrogens with zero attached hydrogens (tertiary/aromatic N) is 1. The van der Waals surface area contributed by atoms with Gasteiger partial charge in [-0.15, -0.1) is 0 Å². The lowest BCUT2D eigenvalue weighted by atomic mass is 10.2. The molecule has 0 radical (unpaired) electrons. The van der Waals surface area contributed by atoms with Crippen LogP contribution in [-0.4, -0.2) is 53.1 Å². The summed E-state index contributed by atoms with van der Waals surface area (Å²) in [6, 6.07) is -2.07. The quantitative estimate of drug-likeness (QED) is 0.565. The summed E-state index contributed by atoms with van der Waals surface area (Å²) in [6.07, 6.45) is 0. The Balaban J connectivity index is 2.59. The second-order valence-corrected chi connectivity index (χ2v) is 3.67. The van der Waals surface area contributed by atoms with Crippen LogP contribution in [-0.2, 0) is 9.59 Å². The van der Waals surface area contributed by atoms with E-state index in [-0.39, 0.29) is 5.91 Å². The Hall–Kier alpha value is -1.79. The van der Waals surface area contributed by atoms with E-state index in [2.05, 4.69) is 10.6 Å². The molecular weight excluding hydrogens is 214 g/mol. The highest BCUT2D eigenvalue weighted by molar-refractivity contribution is 5.89. The van der Waals surface area contributed by atoms with Gasteiger partial charge < -0.3 is 20.6 Å². The number of carboxylic acids is 1. The standard InChI is InChI=1S/C9H15N3O4/c1-5(8(14)15)11-9(16)12-4-3-10-7(13)6(12)2/h5-6H,3-4H2,1-2H3,(H,10,13)(H,11,16)(H,14,15)/t5-,6?/m0/s1. The van der Waals surface area contributed by atoms with Gasteiger partial charge in [-0.2, -0.15) is 0 Å². The summed E-state index contributed by atoms with van der Waals surface area (Å²) in [5.41, 5.74) is 0. The fourth-order valence-corrected chi connectivity index (χ4v) is 1.39. The molecule has 0 aromatic carbocycles. The third-order valence-electron chi connectivity index (χ3n) is 2.47. The molecule has 7 heteroatoms. The first-order valence-corrected chi connectivity index (χ1v) is 5.01. The van der Waals surface area contributed by atoms with Gasteiger partial charge in [0.05, 0.1) is 0 Å². The molecule has 0 aromatic heterocycles. The fraction of sp³-hybridized carbons (Fsp3) is 0.667. The summed E-state index contributed by atoms with van der Waals surface area (Å²) < 4.78 is 0. The van der Waals surface area contributed by atoms with Crippen molar-refractivity contribution in [3.05, 3.63) is 0 Å². The van der Waals surface area contributed by atoms with Crippen LogP contribution in [0.1, 0.15) is 13.8 Å². The van der Waals surface area contributed by atoms with Gasteiger partial charge in [0.2, 0.25) is 5.91 Å². The summed E-state index contributed by atoms with van der Waals surface area (Å²) in [5, 5.41) is 13.6. The van der Waals surface area contributed by atoms with Gasteiger partial charge in [-0.1, -0.05) is 0 Å². The number of rotatable bonds is 2. The monoisotopic (exact) mass is 229 g/mol. The lowest BCUT2D eigenvalue weighted by Gasteiger charge is -2.33. The average molecular weight is 229 g/mol. The predicted molar refractivity (Wildman–Crippen MR) is 54.8 cm³/mol. The number of carbonyl (C=O) groups is 3. The largest absolute Gasteiger partial charge is 0.480 e. The number of hydrogen-bond acceptors (Lipinski definition) is 3. The van der Waals surface area contributed by atoms with E-state index >= 15 is 0 Å². The zero-order valence-corrected chi connectivity index (χ0v) is 9.19. The van der Waals surface area contributed by atoms with Crippen LogP contribution in [0.3, 0.4) is 0 Å². The maximum absolute atomic E-state index is 11.6. The predicted octanol–water partition coefficient (Wildman–Crippen LogP) is -1.01. The Morgan fingerprint density at radius 1 is 1.62 bits per heavy atom. The van der Waals surface area contributed by atoms with Crippen molar-refractivity contribution in [3.63, 3.8) is 0 Å². The second kappa shape index (κ2) is 4.82. The van der Waals surface area contributed by atoms with Crippen molar-refractivity contribution in [1.29, 1.82) is 0 Å². The van der Waals surface area contributed by atoms with Crippen molar-refractivity contribution in [1.82, 2.24) is 15.5 Å². The maximum atomic E-state index is 11.6. The number of amides is 3. The van der Waals surface area contributed by atoms with Crippen molar-refractivity contribution in [2.24, 2.45) is 0 Å². The minimum absolute atomic E-state index is 0.232. The van der Waals surface area contributed by atoms with E-state index < -0.39 is 24.1 Å². The van der Waals surface area contributed by atoms with Gasteiger partial charge in [-0.3, -0.25) is 9.59 Å². The lowest BCUT2D eigenvalue weighted by molar-refractivity contribution is -0.138. The number of piperazine rings is 1. The molecule has 0 spiro atoms. The van der Waals surface area contributed by atoms with Crippen LogP contribution in [0.4, 0.5) is 4.79 Å². The number of nitrogens with one attached hydrogen (secondary N) is 2. The van der Waals surface area contributed by atoms with Gasteiger partial charge in [0.15, 0.2) is 0 Å². The van der Waals surface area contributed by atoms with Crippen LogP contribution >= 0.6 is 0 Å². The topological polar surface area (TPSA) is 98.7 Å². The minimum Gasteiger partial charge on any atom is -0.480 e. The van der Waals surface area contributed by atoms with Gasteiger partial charge >= 0.3 is 12.0 Å². The average Bonchev–Trinajstić information content (AvgIpc) is 2.21. The molecule has 1 heterocycles. The zero-order chi connectivity index (χ0) is 12.3. The third kappa shape index (κ3) is 2.62. The number of urea groups is 1. The normalized spacial score (nSPS) is 22.2. The molecule has 1 unspecified atom stereocenters. The van der Waals surface area contributed by atoms with Crippen LogP contribution in [0.25, 0.3) is 0 Å². The van der Waals surface area contributed by atoms with Gasteiger partial charge in [-0.25, -0.2) is 4.79 Å². The molecule has 3 amide bonds. The summed E-state index contributed by atoms with van der Waals surface area (Å²) in [5.74, 6) is -1.34. The lowest BCUT2D eigenvalue weighted by Crippen LogP contribution is -2.59. The molecule has 1 fully saturated rings. The molecule has 1 saturated heterocycles. The van der Waals surface area contributed by atoms with Crippen LogP contribution < -0.4 is 10.6 Å². The molecule has 0 aromatic rings. The van der Waals surface area contributed by atoms with Gasteiger partial charge in [0, 0.05) is 13.1 Å². The van der Waals surface area contributed by atoms with Crippen molar-refractivity contribution >= 4 is 17.9 Å². The summed E-state index contributed by atoms with van der Waals surface area (Å²) in [7, 11) is 0. The summed E-state index contributed by atoms with van der Waals surface area (Å²) in [6.45, 7) is 3.73. The molecule has 3 N–H and O–H groups in total. The van der Waals surface area contributed by atoms with E-state index in [1.165, 1.54) is 11.8 Å². The van der Waals surface area contributed by atoms with E-state index in [0.717, 1.165) is 0 Å². The third-order valence-corrected chi connectivity index (χ3v) is 2.47. The number of aliphatic carboxylic acids is 1. The molecule has 1 rings (SSSR count). The minimum atomic E-state index is -1.11. The highest BCUT2D eigenvalue weighted by Gasteiger charge is 2.30. The Labute approximate surface area is 92.8 Å². The first-order valence-electron chi connectivity index (χ1n) is 5.01. The molecule has 90 valence electrons. The van der Waals surface area contributed by atoms with E-state index in [0.29, 0.717) is 13.1 Å². The van der Waals surface area contributed by atoms with Crippen molar-refractivity contribution in [3.8, 4) is 0 Å². The van der Waals surface area contributed by atoms with Gasteiger partial charge in [0.1, 0.15) is 12.1 Å². The smallest absolute Gasteiger partial charge is 0.325 e. The Bertz CT molecular complexity index is 318. The Kier molecular flexibility index (Phi) is 3.70. The molecule has 0 saturated carbocycles. The van der Waals surface area contributed by atoms with Gasteiger partial charge in [0.25, 0.3) is 0 Å². The Morgan fingerprint density at radius 3 is 2.81 bits per heavy atom. The van der Waals surface area contributed by atoms with Gasteiger partial charge in [-0.05, 0) is 13.8 Å². The molecular formula is C9H15N3O4. The van der Waals surface area contributed by atoms with Crippen LogP contribution in [0.15, 0.2) is 0 Å². The van der Waals surface area contributed by atoms with Crippen LogP contribution in [0.5, 0.6) is 0 Å². The first kappa shape index (κ1) is 12.3. The van der Waals surface area contributed by atoms with Crippen molar-refractivity contribution < 1.29 is 19.5 Å². The molecule has 1 aliphatic heterocycles. The number of carboxylic acid groups (broad SMARTS) is 1. The van der Waals surface area contributed by atoms with E-state index in [4.69, 9.17) is 5.11 Å². The zero-order valence-electron chi connectivity index (χ0n) is 9.19. The summed E-state index contributed by atoms with van der Waals surface area (Å²) >= 11 is 0. The molecule has 7 nitrogen and oxygen atoms in total. The number of hydrogen-bond donors (Lipinski definition) is 3. The summed E-state index contributed by atoms with van der Waals surface area (Å²) in [4.78, 5) is 34.8. The van der Waals surface area contributed by atoms with Crippen molar-refractivity contribution in [2.45, 2.75) is 25.9 Å². The Morgan fingerprint density at radius 2 is 2.25 bits per heavy atom. The molecule has 16 heavy (non-hydrogen) atoms. The van der Waals surface area contributed by atoms with Crippen molar-refractivity contribution in [2.75, 3.05) is 13.1 Å². The fourth-order valence-electron chi connectivity index (χ4n) is 1.39. The van der Waals surface area contributed by atoms with Crippen LogP contribution in [0, 0.1) is 0 Å². The van der Waals surface area contributed by atoms with E-state index in [9.17, 15) is 14.4 Å². The molecule has 1 aliphatic rings. The maximum Gasteiger partial charge on any atom is 0.325 e. The molecule has 0 bridgehead atoms. The first-order chi connectivity index (χ1) is 7.43. The molecule has 0 aliphatic carbocycles. The number of carbonyl (C=O) groups excluding carboxylic acids is 2. The van der Waals surface area contributed by atoms with Crippen LogP contribution in [0.2, 0.25) is 0 Å². The molecule has 2 atom stereocenters. The SMILES string of the molecule is CC1C(=O)NCCN1C(=O)N[C@@H](C)C(=O)O. The highest BCUT2D eigenvalue weighted by atomic mass is 16.4. The second-order valence-electron chi connectivity index (χ2n) is 3.67. The van der Waals surface area contributed by atoms with E-state index in [1.54, 1.807) is 6.92 Å².